The van der Waals surface area contributed by atoms with Gasteiger partial charge in [-0.2, -0.15) is 0 Å². The first-order valence-electron chi connectivity index (χ1n) is 3.37. The van der Waals surface area contributed by atoms with Crippen molar-refractivity contribution in [1.82, 2.24) is 0 Å². The van der Waals surface area contributed by atoms with Gasteiger partial charge in [-0.15, -0.1) is 10.2 Å². The summed E-state index contributed by atoms with van der Waals surface area (Å²) in [5.74, 6) is 0.584. The molecule has 0 saturated carbocycles. The Morgan fingerprint density at radius 2 is 2.17 bits per heavy atom. The van der Waals surface area contributed by atoms with E-state index in [-0.39, 0.29) is 5.96 Å². The van der Waals surface area contributed by atoms with E-state index in [1.165, 1.54) is 0 Å². The van der Waals surface area contributed by atoms with Crippen molar-refractivity contribution in [3.05, 3.63) is 24.2 Å². The van der Waals surface area contributed by atoms with Crippen molar-refractivity contribution < 1.29 is 4.42 Å². The summed E-state index contributed by atoms with van der Waals surface area (Å²) in [6, 6.07) is 3.55. The van der Waals surface area contributed by atoms with Crippen LogP contribution in [0.15, 0.2) is 33.0 Å². The Morgan fingerprint density at radius 3 is 2.67 bits per heavy atom. The lowest BCUT2D eigenvalue weighted by Gasteiger charge is -1.90. The average molecular weight is 166 g/mol. The van der Waals surface area contributed by atoms with Gasteiger partial charge < -0.3 is 15.9 Å². The second kappa shape index (κ2) is 3.56. The molecule has 0 aliphatic heterocycles. The molecule has 0 unspecified atom stereocenters. The molecule has 1 aromatic heterocycles. The first kappa shape index (κ1) is 8.32. The van der Waals surface area contributed by atoms with Crippen LogP contribution in [-0.2, 0) is 0 Å². The maximum Gasteiger partial charge on any atom is 0.211 e. The van der Waals surface area contributed by atoms with Gasteiger partial charge in [-0.1, -0.05) is 0 Å². The number of guanidine groups is 1. The molecule has 5 nitrogen and oxygen atoms in total. The van der Waals surface area contributed by atoms with E-state index in [2.05, 4.69) is 10.2 Å². The van der Waals surface area contributed by atoms with Gasteiger partial charge in [0.05, 0.1) is 6.26 Å². The van der Waals surface area contributed by atoms with Gasteiger partial charge in [0, 0.05) is 0 Å². The van der Waals surface area contributed by atoms with Crippen LogP contribution in [0.4, 0.5) is 0 Å². The maximum atomic E-state index is 5.08. The Balaban J connectivity index is 2.78. The summed E-state index contributed by atoms with van der Waals surface area (Å²) in [5, 5.41) is 7.21. The molecular formula is C7H10N4O. The van der Waals surface area contributed by atoms with Gasteiger partial charge in [0.25, 0.3) is 0 Å². The van der Waals surface area contributed by atoms with E-state index in [1.54, 1.807) is 25.3 Å². The average Bonchev–Trinajstić information content (AvgIpc) is 2.51. The van der Waals surface area contributed by atoms with Crippen LogP contribution in [0.3, 0.4) is 0 Å². The van der Waals surface area contributed by atoms with Crippen molar-refractivity contribution in [3.8, 4) is 0 Å². The Hall–Kier alpha value is -1.78. The summed E-state index contributed by atoms with van der Waals surface area (Å²) < 4.78 is 5.05. The molecule has 12 heavy (non-hydrogen) atoms. The molecular weight excluding hydrogens is 156 g/mol. The largest absolute Gasteiger partial charge is 0.463 e. The normalized spacial score (nSPS) is 11.2. The molecule has 1 aromatic rings. The molecule has 4 N–H and O–H groups in total. The van der Waals surface area contributed by atoms with E-state index in [9.17, 15) is 0 Å². The minimum Gasteiger partial charge on any atom is -0.463 e. The fourth-order valence-electron chi connectivity index (χ4n) is 0.666. The Bertz CT molecular complexity index is 295. The number of hydrogen-bond donors (Lipinski definition) is 2. The summed E-state index contributed by atoms with van der Waals surface area (Å²) in [7, 11) is 0. The van der Waals surface area contributed by atoms with Crippen LogP contribution in [-0.4, -0.2) is 11.7 Å². The summed E-state index contributed by atoms with van der Waals surface area (Å²) in [5.41, 5.74) is 10.8. The Kier molecular flexibility index (Phi) is 2.47. The third-order valence-electron chi connectivity index (χ3n) is 1.19. The second-order valence-electron chi connectivity index (χ2n) is 2.19. The van der Waals surface area contributed by atoms with E-state index in [0.29, 0.717) is 11.5 Å². The van der Waals surface area contributed by atoms with Crippen LogP contribution in [0, 0.1) is 0 Å². The van der Waals surface area contributed by atoms with E-state index in [0.717, 1.165) is 0 Å². The molecule has 0 atom stereocenters. The van der Waals surface area contributed by atoms with Crippen LogP contribution in [0.1, 0.15) is 12.7 Å². The van der Waals surface area contributed by atoms with Crippen molar-refractivity contribution in [3.63, 3.8) is 0 Å². The van der Waals surface area contributed by atoms with E-state index < -0.39 is 0 Å². The van der Waals surface area contributed by atoms with Crippen LogP contribution < -0.4 is 11.5 Å². The predicted octanol–water partition coefficient (Wildman–Crippen LogP) is 0.277. The van der Waals surface area contributed by atoms with Gasteiger partial charge in [-0.25, -0.2) is 0 Å². The van der Waals surface area contributed by atoms with Crippen molar-refractivity contribution in [2.75, 3.05) is 0 Å². The first-order valence-corrected chi connectivity index (χ1v) is 3.37. The lowest BCUT2D eigenvalue weighted by atomic mass is 10.3. The van der Waals surface area contributed by atoms with Gasteiger partial charge in [0.1, 0.15) is 11.5 Å². The molecule has 1 rings (SSSR count). The predicted molar refractivity (Wildman–Crippen MR) is 46.7 cm³/mol. The number of hydrogen-bond acceptors (Lipinski definition) is 3. The zero-order chi connectivity index (χ0) is 8.97. The van der Waals surface area contributed by atoms with Gasteiger partial charge in [0.15, 0.2) is 0 Å². The molecule has 0 aliphatic carbocycles. The summed E-state index contributed by atoms with van der Waals surface area (Å²) in [6.07, 6.45) is 1.56. The molecule has 0 aromatic carbocycles. The maximum absolute atomic E-state index is 5.08. The fraction of sp³-hybridized carbons (Fsp3) is 0.143. The molecule has 0 fully saturated rings. The number of nitrogens with two attached hydrogens (primary N) is 2. The lowest BCUT2D eigenvalue weighted by molar-refractivity contribution is 0.557. The number of nitrogens with zero attached hydrogens (tertiary/aromatic N) is 2. The topological polar surface area (TPSA) is 89.9 Å². The SMILES string of the molecule is C/C(=N\N=C(N)N)c1ccco1. The summed E-state index contributed by atoms with van der Waals surface area (Å²) in [6.45, 7) is 1.76. The Morgan fingerprint density at radius 1 is 1.42 bits per heavy atom. The molecule has 0 amide bonds. The molecule has 1 heterocycles. The standard InChI is InChI=1S/C7H10N4O/c1-5(10-11-7(8)9)6-3-2-4-12-6/h2-4H,1H3,(H4,8,9,11)/b10-5+. The highest BCUT2D eigenvalue weighted by Crippen LogP contribution is 2.01. The molecule has 0 aliphatic rings. The second-order valence-corrected chi connectivity index (χ2v) is 2.19. The summed E-state index contributed by atoms with van der Waals surface area (Å²) in [4.78, 5) is 0. The molecule has 0 bridgehead atoms. The van der Waals surface area contributed by atoms with Crippen LogP contribution >= 0.6 is 0 Å². The fourth-order valence-corrected chi connectivity index (χ4v) is 0.666. The minimum absolute atomic E-state index is 0.0686. The third-order valence-corrected chi connectivity index (χ3v) is 1.19. The molecule has 5 heteroatoms. The van der Waals surface area contributed by atoms with E-state index >= 15 is 0 Å². The van der Waals surface area contributed by atoms with Gasteiger partial charge >= 0.3 is 0 Å². The third kappa shape index (κ3) is 2.12. The monoisotopic (exact) mass is 166 g/mol. The first-order chi connectivity index (χ1) is 5.70. The van der Waals surface area contributed by atoms with Gasteiger partial charge in [0.2, 0.25) is 5.96 Å². The van der Waals surface area contributed by atoms with Gasteiger partial charge in [-0.05, 0) is 19.1 Å². The highest BCUT2D eigenvalue weighted by atomic mass is 16.3. The van der Waals surface area contributed by atoms with Gasteiger partial charge in [-0.3, -0.25) is 0 Å². The smallest absolute Gasteiger partial charge is 0.211 e. The van der Waals surface area contributed by atoms with E-state index in [4.69, 9.17) is 15.9 Å². The molecule has 0 radical (unpaired) electrons. The summed E-state index contributed by atoms with van der Waals surface area (Å²) >= 11 is 0. The zero-order valence-corrected chi connectivity index (χ0v) is 6.69. The van der Waals surface area contributed by atoms with Crippen LogP contribution in [0.5, 0.6) is 0 Å². The number of rotatable bonds is 2. The molecule has 0 saturated heterocycles. The van der Waals surface area contributed by atoms with Crippen molar-refractivity contribution in [2.45, 2.75) is 6.92 Å². The van der Waals surface area contributed by atoms with Crippen molar-refractivity contribution in [1.29, 1.82) is 0 Å². The van der Waals surface area contributed by atoms with E-state index in [1.807, 2.05) is 0 Å². The highest BCUT2D eigenvalue weighted by molar-refractivity contribution is 5.96. The van der Waals surface area contributed by atoms with Crippen molar-refractivity contribution in [2.24, 2.45) is 21.7 Å². The zero-order valence-electron chi connectivity index (χ0n) is 6.69. The lowest BCUT2D eigenvalue weighted by Crippen LogP contribution is -2.22. The highest BCUT2D eigenvalue weighted by Gasteiger charge is 1.97. The van der Waals surface area contributed by atoms with Crippen molar-refractivity contribution >= 4 is 11.7 Å². The minimum atomic E-state index is -0.0686. The number of furan rings is 1. The van der Waals surface area contributed by atoms with Crippen LogP contribution in [0.25, 0.3) is 0 Å². The van der Waals surface area contributed by atoms with Crippen LogP contribution in [0.2, 0.25) is 0 Å². The molecule has 0 spiro atoms. The molecule has 64 valence electrons. The Labute approximate surface area is 69.8 Å². The quantitative estimate of drug-likeness (QED) is 0.375.